The molecule has 2 N–H and O–H groups in total. The van der Waals surface area contributed by atoms with Gasteiger partial charge in [-0.1, -0.05) is 0 Å². The Morgan fingerprint density at radius 1 is 1.67 bits per heavy atom. The van der Waals surface area contributed by atoms with Crippen molar-refractivity contribution >= 4 is 16.0 Å². The molecule has 0 amide bonds. The van der Waals surface area contributed by atoms with Crippen LogP contribution >= 0.6 is 0 Å². The van der Waals surface area contributed by atoms with Crippen LogP contribution in [0.4, 0.5) is 0 Å². The highest BCUT2D eigenvalue weighted by molar-refractivity contribution is 7.89. The van der Waals surface area contributed by atoms with Crippen LogP contribution in [0.15, 0.2) is 0 Å². The van der Waals surface area contributed by atoms with Gasteiger partial charge in [0.25, 0.3) is 0 Å². The highest BCUT2D eigenvalue weighted by Gasteiger charge is 2.49. The number of aliphatic carboxylic acids is 1. The fraction of sp³-hybridized carbons (Fsp3) is 0.750. The standard InChI is InChI=1S/C8H12N2O4S/c1-8(7(11)12,6-2-3-6)10-15(13,14)5-4-9/h6,10H,2-3,5H2,1H3,(H,11,12). The molecule has 84 valence electrons. The molecule has 1 fully saturated rings. The third-order valence-corrected chi connectivity index (χ3v) is 3.70. The van der Waals surface area contributed by atoms with E-state index < -0.39 is 27.3 Å². The molecule has 0 aromatic heterocycles. The van der Waals surface area contributed by atoms with E-state index >= 15 is 0 Å². The number of nitriles is 1. The van der Waals surface area contributed by atoms with Crippen LogP contribution in [0, 0.1) is 17.2 Å². The summed E-state index contributed by atoms with van der Waals surface area (Å²) in [5.74, 6) is -2.10. The molecule has 1 rings (SSSR count). The number of hydrogen-bond acceptors (Lipinski definition) is 4. The van der Waals surface area contributed by atoms with Gasteiger partial charge < -0.3 is 5.11 Å². The summed E-state index contributed by atoms with van der Waals surface area (Å²) in [7, 11) is -3.83. The zero-order valence-corrected chi connectivity index (χ0v) is 9.04. The van der Waals surface area contributed by atoms with E-state index in [1.165, 1.54) is 13.0 Å². The van der Waals surface area contributed by atoms with Gasteiger partial charge in [0.05, 0.1) is 6.07 Å². The van der Waals surface area contributed by atoms with Gasteiger partial charge in [-0.05, 0) is 25.7 Å². The van der Waals surface area contributed by atoms with Crippen molar-refractivity contribution in [1.29, 1.82) is 5.26 Å². The molecule has 0 spiro atoms. The van der Waals surface area contributed by atoms with Gasteiger partial charge >= 0.3 is 5.97 Å². The Morgan fingerprint density at radius 2 is 2.20 bits per heavy atom. The number of carboxylic acid groups (broad SMARTS) is 1. The van der Waals surface area contributed by atoms with Crippen molar-refractivity contribution in [1.82, 2.24) is 4.72 Å². The molecule has 0 aromatic carbocycles. The lowest BCUT2D eigenvalue weighted by Crippen LogP contribution is -2.54. The molecule has 0 heterocycles. The maximum atomic E-state index is 11.3. The van der Waals surface area contributed by atoms with Gasteiger partial charge in [-0.2, -0.15) is 9.98 Å². The third kappa shape index (κ3) is 2.67. The number of carboxylic acids is 1. The third-order valence-electron chi connectivity index (χ3n) is 2.46. The second-order valence-corrected chi connectivity index (χ2v) is 5.52. The Labute approximate surface area is 87.9 Å². The van der Waals surface area contributed by atoms with Gasteiger partial charge in [0.2, 0.25) is 10.0 Å². The lowest BCUT2D eigenvalue weighted by molar-refractivity contribution is -0.144. The SMILES string of the molecule is CC(NS(=O)(=O)CC#N)(C(=O)O)C1CC1. The van der Waals surface area contributed by atoms with E-state index in [0.717, 1.165) is 0 Å². The minimum Gasteiger partial charge on any atom is -0.480 e. The molecule has 1 aliphatic carbocycles. The Balaban J connectivity index is 2.85. The van der Waals surface area contributed by atoms with E-state index in [1.54, 1.807) is 0 Å². The first-order valence-corrected chi connectivity index (χ1v) is 6.09. The average Bonchev–Trinajstić information content (AvgIpc) is 2.83. The fourth-order valence-electron chi connectivity index (χ4n) is 1.41. The minimum absolute atomic E-state index is 0.177. The predicted molar refractivity (Wildman–Crippen MR) is 51.3 cm³/mol. The van der Waals surface area contributed by atoms with E-state index in [0.29, 0.717) is 12.8 Å². The quantitative estimate of drug-likeness (QED) is 0.675. The van der Waals surface area contributed by atoms with Crippen LogP contribution in [0.1, 0.15) is 19.8 Å². The predicted octanol–water partition coefficient (Wildman–Crippen LogP) is -0.317. The molecule has 7 heteroatoms. The minimum atomic E-state index is -3.83. The van der Waals surface area contributed by atoms with Crippen molar-refractivity contribution in [2.24, 2.45) is 5.92 Å². The van der Waals surface area contributed by atoms with E-state index in [9.17, 15) is 13.2 Å². The fourth-order valence-corrected chi connectivity index (χ4v) is 2.55. The van der Waals surface area contributed by atoms with Crippen molar-refractivity contribution in [3.05, 3.63) is 0 Å². The van der Waals surface area contributed by atoms with Crippen molar-refractivity contribution < 1.29 is 18.3 Å². The molecule has 0 saturated heterocycles. The Kier molecular flexibility index (Phi) is 3.02. The lowest BCUT2D eigenvalue weighted by atomic mass is 9.98. The van der Waals surface area contributed by atoms with Crippen molar-refractivity contribution in [2.75, 3.05) is 5.75 Å². The van der Waals surface area contributed by atoms with Gasteiger partial charge in [-0.3, -0.25) is 4.79 Å². The number of nitrogens with one attached hydrogen (secondary N) is 1. The van der Waals surface area contributed by atoms with E-state index in [4.69, 9.17) is 10.4 Å². The Bertz CT molecular complexity index is 407. The van der Waals surface area contributed by atoms with Crippen LogP contribution < -0.4 is 4.72 Å². The molecule has 15 heavy (non-hydrogen) atoms. The summed E-state index contributed by atoms with van der Waals surface area (Å²) >= 11 is 0. The molecule has 0 bridgehead atoms. The smallest absolute Gasteiger partial charge is 0.324 e. The van der Waals surface area contributed by atoms with Crippen molar-refractivity contribution in [3.8, 4) is 6.07 Å². The number of sulfonamides is 1. The van der Waals surface area contributed by atoms with Crippen LogP contribution in [0.3, 0.4) is 0 Å². The first kappa shape index (κ1) is 11.9. The van der Waals surface area contributed by atoms with Crippen molar-refractivity contribution in [2.45, 2.75) is 25.3 Å². The summed E-state index contributed by atoms with van der Waals surface area (Å²) in [6.45, 7) is 1.34. The molecular formula is C8H12N2O4S. The van der Waals surface area contributed by atoms with Crippen LogP contribution in [-0.2, 0) is 14.8 Å². The largest absolute Gasteiger partial charge is 0.480 e. The monoisotopic (exact) mass is 232 g/mol. The van der Waals surface area contributed by atoms with Gasteiger partial charge in [0.15, 0.2) is 5.75 Å². The molecule has 6 nitrogen and oxygen atoms in total. The maximum Gasteiger partial charge on any atom is 0.324 e. The normalized spacial score (nSPS) is 20.3. The van der Waals surface area contributed by atoms with Gasteiger partial charge in [0, 0.05) is 0 Å². The number of carbonyl (C=O) groups is 1. The molecule has 1 saturated carbocycles. The molecular weight excluding hydrogens is 220 g/mol. The number of nitrogens with zero attached hydrogens (tertiary/aromatic N) is 1. The average molecular weight is 232 g/mol. The lowest BCUT2D eigenvalue weighted by Gasteiger charge is -2.24. The van der Waals surface area contributed by atoms with Gasteiger partial charge in [-0.15, -0.1) is 0 Å². The summed E-state index contributed by atoms with van der Waals surface area (Å²) in [4.78, 5) is 11.0. The summed E-state index contributed by atoms with van der Waals surface area (Å²) < 4.78 is 24.7. The molecule has 0 radical (unpaired) electrons. The van der Waals surface area contributed by atoms with E-state index in [2.05, 4.69) is 4.72 Å². The Morgan fingerprint density at radius 3 is 2.53 bits per heavy atom. The molecule has 0 aromatic rings. The summed E-state index contributed by atoms with van der Waals surface area (Å²) in [5, 5.41) is 17.2. The molecule has 1 aliphatic rings. The van der Waals surface area contributed by atoms with Crippen LogP contribution in [0.25, 0.3) is 0 Å². The first-order valence-electron chi connectivity index (χ1n) is 4.44. The van der Waals surface area contributed by atoms with Crippen molar-refractivity contribution in [3.63, 3.8) is 0 Å². The Hall–Kier alpha value is -1.13. The highest BCUT2D eigenvalue weighted by Crippen LogP contribution is 2.40. The zero-order chi connectivity index (χ0) is 11.7. The van der Waals surface area contributed by atoms with Gasteiger partial charge in [-0.25, -0.2) is 8.42 Å². The second-order valence-electron chi connectivity index (χ2n) is 3.80. The van der Waals surface area contributed by atoms with Crippen LogP contribution in [-0.4, -0.2) is 30.8 Å². The summed E-state index contributed by atoms with van der Waals surface area (Å²) in [5.41, 5.74) is -1.48. The molecule has 1 unspecified atom stereocenters. The highest BCUT2D eigenvalue weighted by atomic mass is 32.2. The summed E-state index contributed by atoms with van der Waals surface area (Å²) in [6.07, 6.45) is 1.38. The summed E-state index contributed by atoms with van der Waals surface area (Å²) in [6, 6.07) is 1.49. The topological polar surface area (TPSA) is 107 Å². The number of hydrogen-bond donors (Lipinski definition) is 2. The molecule has 0 aliphatic heterocycles. The maximum absolute atomic E-state index is 11.3. The van der Waals surface area contributed by atoms with E-state index in [-0.39, 0.29) is 5.92 Å². The van der Waals surface area contributed by atoms with E-state index in [1.807, 2.05) is 0 Å². The molecule has 1 atom stereocenters. The van der Waals surface area contributed by atoms with Gasteiger partial charge in [0.1, 0.15) is 5.54 Å². The van der Waals surface area contributed by atoms with Crippen LogP contribution in [0.5, 0.6) is 0 Å². The van der Waals surface area contributed by atoms with Crippen LogP contribution in [0.2, 0.25) is 0 Å². The second kappa shape index (κ2) is 3.79. The zero-order valence-electron chi connectivity index (χ0n) is 8.23. The number of rotatable bonds is 5. The first-order chi connectivity index (χ1) is 6.82.